The number of carbonyl (C=O) groups excluding carboxylic acids is 2. The smallest absolute Gasteiger partial charge is 0.228 e. The van der Waals surface area contributed by atoms with Gasteiger partial charge in [0.25, 0.3) is 0 Å². The van der Waals surface area contributed by atoms with Crippen LogP contribution in [0, 0.1) is 11.3 Å². The normalized spacial score (nSPS) is 14.5. The Labute approximate surface area is 176 Å². The highest BCUT2D eigenvalue weighted by Gasteiger charge is 2.29. The van der Waals surface area contributed by atoms with Crippen LogP contribution in [-0.2, 0) is 16.1 Å². The van der Waals surface area contributed by atoms with Gasteiger partial charge < -0.3 is 20.0 Å². The second kappa shape index (κ2) is 9.61. The molecule has 1 aliphatic rings. The third-order valence-corrected chi connectivity index (χ3v) is 5.48. The number of hydrogen-bond donors (Lipinski definition) is 2. The first-order valence-electron chi connectivity index (χ1n) is 10.7. The molecule has 2 amide bonds. The second-order valence-corrected chi connectivity index (χ2v) is 9.79. The third-order valence-electron chi connectivity index (χ3n) is 5.48. The minimum absolute atomic E-state index is 0.110. The van der Waals surface area contributed by atoms with E-state index in [2.05, 4.69) is 24.3 Å². The van der Waals surface area contributed by atoms with Crippen molar-refractivity contribution in [2.45, 2.75) is 46.6 Å². The maximum absolute atomic E-state index is 13.1. The van der Waals surface area contributed by atoms with Crippen LogP contribution in [0.3, 0.4) is 0 Å². The highest BCUT2D eigenvalue weighted by molar-refractivity contribution is 5.93. The molecule has 0 bridgehead atoms. The molecule has 0 heterocycles. The van der Waals surface area contributed by atoms with Crippen molar-refractivity contribution in [1.82, 2.24) is 4.90 Å². The summed E-state index contributed by atoms with van der Waals surface area (Å²) in [6, 6.07) is 6.01. The average molecular weight is 404 g/mol. The van der Waals surface area contributed by atoms with Gasteiger partial charge in [0.05, 0.1) is 27.2 Å². The monoisotopic (exact) mass is 403 g/mol. The Kier molecular flexibility index (Phi) is 7.69. The molecule has 0 aromatic heterocycles. The van der Waals surface area contributed by atoms with Crippen LogP contribution in [-0.4, -0.2) is 58.0 Å². The van der Waals surface area contributed by atoms with Gasteiger partial charge >= 0.3 is 0 Å². The molecule has 29 heavy (non-hydrogen) atoms. The van der Waals surface area contributed by atoms with Crippen molar-refractivity contribution in [3.05, 3.63) is 23.8 Å². The van der Waals surface area contributed by atoms with E-state index in [0.29, 0.717) is 13.1 Å². The summed E-state index contributed by atoms with van der Waals surface area (Å²) in [5, 5.41) is 3.07. The van der Waals surface area contributed by atoms with Gasteiger partial charge in [0.2, 0.25) is 11.8 Å². The maximum Gasteiger partial charge on any atom is 0.228 e. The van der Waals surface area contributed by atoms with Gasteiger partial charge in [-0.1, -0.05) is 27.2 Å². The van der Waals surface area contributed by atoms with Gasteiger partial charge in [0.1, 0.15) is 0 Å². The highest BCUT2D eigenvalue weighted by Crippen LogP contribution is 2.30. The minimum Gasteiger partial charge on any atom is -0.377 e. The molecule has 1 aromatic carbocycles. The summed E-state index contributed by atoms with van der Waals surface area (Å²) in [4.78, 5) is 30.8. The summed E-state index contributed by atoms with van der Waals surface area (Å²) in [6.07, 6.45) is 3.10. The molecule has 6 nitrogen and oxygen atoms in total. The Bertz CT molecular complexity index is 718. The van der Waals surface area contributed by atoms with Crippen LogP contribution in [0.4, 0.5) is 11.4 Å². The van der Waals surface area contributed by atoms with E-state index >= 15 is 0 Å². The van der Waals surface area contributed by atoms with E-state index in [-0.39, 0.29) is 17.7 Å². The summed E-state index contributed by atoms with van der Waals surface area (Å²) in [5.41, 5.74) is 2.49. The third kappa shape index (κ3) is 6.46. The van der Waals surface area contributed by atoms with E-state index in [1.54, 1.807) is 0 Å². The Morgan fingerprint density at radius 2 is 1.83 bits per heavy atom. The highest BCUT2D eigenvalue weighted by atomic mass is 16.2. The number of carbonyl (C=O) groups is 2. The van der Waals surface area contributed by atoms with E-state index in [1.807, 2.05) is 58.0 Å². The lowest BCUT2D eigenvalue weighted by Crippen LogP contribution is -3.06. The van der Waals surface area contributed by atoms with Crippen molar-refractivity contribution < 1.29 is 14.5 Å². The first-order chi connectivity index (χ1) is 13.5. The number of amides is 2. The van der Waals surface area contributed by atoms with E-state index in [9.17, 15) is 9.59 Å². The fourth-order valence-electron chi connectivity index (χ4n) is 3.43. The summed E-state index contributed by atoms with van der Waals surface area (Å²) < 4.78 is 0. The second-order valence-electron chi connectivity index (χ2n) is 9.79. The molecule has 0 aliphatic heterocycles. The van der Waals surface area contributed by atoms with Crippen LogP contribution in [0.25, 0.3) is 0 Å². The fourth-order valence-corrected chi connectivity index (χ4v) is 3.43. The van der Waals surface area contributed by atoms with Gasteiger partial charge in [-0.15, -0.1) is 0 Å². The standard InChI is InChI=1S/C23H38N4O2/c1-23(2,3)22(29)27(14-13-25(4)5)16-18-15-19(11-12-20(18)26(6)7)24-21(28)17-9-8-10-17/h11-12,15,17H,8-10,13-14,16H2,1-7H3,(H,24,28)/p+1. The van der Waals surface area contributed by atoms with Crippen LogP contribution in [0.2, 0.25) is 0 Å². The summed E-state index contributed by atoms with van der Waals surface area (Å²) in [7, 11) is 8.21. The molecular formula is C23H39N4O2+. The molecular weight excluding hydrogens is 364 g/mol. The van der Waals surface area contributed by atoms with Gasteiger partial charge in [-0.05, 0) is 36.6 Å². The van der Waals surface area contributed by atoms with Crippen LogP contribution in [0.5, 0.6) is 0 Å². The van der Waals surface area contributed by atoms with Gasteiger partial charge in [-0.3, -0.25) is 9.59 Å². The number of anilines is 2. The number of rotatable bonds is 8. The molecule has 0 unspecified atom stereocenters. The molecule has 1 aliphatic carbocycles. The van der Waals surface area contributed by atoms with E-state index < -0.39 is 5.41 Å². The van der Waals surface area contributed by atoms with Crippen LogP contribution < -0.4 is 15.1 Å². The van der Waals surface area contributed by atoms with E-state index in [1.165, 1.54) is 4.90 Å². The maximum atomic E-state index is 13.1. The van der Waals surface area contributed by atoms with Crippen LogP contribution in [0.15, 0.2) is 18.2 Å². The molecule has 2 rings (SSSR count). The fraction of sp³-hybridized carbons (Fsp3) is 0.652. The summed E-state index contributed by atoms with van der Waals surface area (Å²) in [6.45, 7) is 8.01. The molecule has 1 aromatic rings. The van der Waals surface area contributed by atoms with Crippen molar-refractivity contribution in [2.24, 2.45) is 11.3 Å². The lowest BCUT2D eigenvalue weighted by Gasteiger charge is -2.31. The van der Waals surface area contributed by atoms with Gasteiger partial charge in [-0.25, -0.2) is 0 Å². The Hall–Kier alpha value is -2.08. The van der Waals surface area contributed by atoms with E-state index in [4.69, 9.17) is 0 Å². The number of quaternary nitrogens is 1. The largest absolute Gasteiger partial charge is 0.377 e. The first-order valence-corrected chi connectivity index (χ1v) is 10.7. The number of nitrogens with zero attached hydrogens (tertiary/aromatic N) is 2. The van der Waals surface area contributed by atoms with Crippen LogP contribution in [0.1, 0.15) is 45.6 Å². The van der Waals surface area contributed by atoms with Gasteiger partial charge in [0.15, 0.2) is 0 Å². The number of likely N-dealkylation sites (N-methyl/N-ethyl adjacent to an activating group) is 1. The molecule has 0 saturated heterocycles. The van der Waals surface area contributed by atoms with Crippen molar-refractivity contribution in [1.29, 1.82) is 0 Å². The predicted octanol–water partition coefficient (Wildman–Crippen LogP) is 2.01. The molecule has 0 atom stereocenters. The molecule has 0 radical (unpaired) electrons. The van der Waals surface area contributed by atoms with Crippen molar-refractivity contribution in [3.8, 4) is 0 Å². The average Bonchev–Trinajstić information content (AvgIpc) is 2.55. The minimum atomic E-state index is -0.435. The first kappa shape index (κ1) is 23.2. The summed E-state index contributed by atoms with van der Waals surface area (Å²) in [5.74, 6) is 0.403. The Morgan fingerprint density at radius 3 is 2.31 bits per heavy atom. The zero-order valence-electron chi connectivity index (χ0n) is 19.3. The zero-order valence-corrected chi connectivity index (χ0v) is 19.3. The van der Waals surface area contributed by atoms with Crippen molar-refractivity contribution >= 4 is 23.2 Å². The lowest BCUT2D eigenvalue weighted by molar-refractivity contribution is -0.857. The predicted molar refractivity (Wildman–Crippen MR) is 119 cm³/mol. The SMILES string of the molecule is CN(C)c1ccc(NC(=O)C2CCC2)cc1CN(CC[NH+](C)C)C(=O)C(C)(C)C. The van der Waals surface area contributed by atoms with Crippen molar-refractivity contribution in [3.63, 3.8) is 0 Å². The molecule has 1 saturated carbocycles. The molecule has 0 spiro atoms. The quantitative estimate of drug-likeness (QED) is 0.698. The molecule has 1 fully saturated rings. The van der Waals surface area contributed by atoms with Crippen molar-refractivity contribution in [2.75, 3.05) is 51.5 Å². The molecule has 162 valence electrons. The molecule has 6 heteroatoms. The van der Waals surface area contributed by atoms with Gasteiger partial charge in [-0.2, -0.15) is 0 Å². The number of benzene rings is 1. The van der Waals surface area contributed by atoms with E-state index in [0.717, 1.165) is 42.7 Å². The zero-order chi connectivity index (χ0) is 21.8. The van der Waals surface area contributed by atoms with Crippen LogP contribution >= 0.6 is 0 Å². The molecule has 2 N–H and O–H groups in total. The lowest BCUT2D eigenvalue weighted by atomic mass is 9.85. The number of nitrogens with one attached hydrogen (secondary N) is 2. The van der Waals surface area contributed by atoms with Gasteiger partial charge in [0, 0.05) is 43.3 Å². The Balaban J connectivity index is 2.27. The topological polar surface area (TPSA) is 57.1 Å². The number of hydrogen-bond acceptors (Lipinski definition) is 3. The summed E-state index contributed by atoms with van der Waals surface area (Å²) >= 11 is 0. The Morgan fingerprint density at radius 1 is 1.17 bits per heavy atom.